The third-order valence-corrected chi connectivity index (χ3v) is 5.66. The molecule has 5 rings (SSSR count). The molecule has 0 bridgehead atoms. The van der Waals surface area contributed by atoms with E-state index in [0.717, 1.165) is 39.9 Å². The quantitative estimate of drug-likeness (QED) is 0.345. The molecule has 0 saturated carbocycles. The summed E-state index contributed by atoms with van der Waals surface area (Å²) in [4.78, 5) is 12.3. The van der Waals surface area contributed by atoms with E-state index in [0.29, 0.717) is 0 Å². The Balaban J connectivity index is 1.73. The Labute approximate surface area is 189 Å². The number of amidine groups is 2. The normalized spacial score (nSPS) is 15.4. The molecule has 4 aromatic rings. The van der Waals surface area contributed by atoms with E-state index in [1.807, 2.05) is 0 Å². The van der Waals surface area contributed by atoms with Crippen molar-refractivity contribution in [3.8, 4) is 0 Å². The molecule has 1 heterocycles. The van der Waals surface area contributed by atoms with E-state index in [9.17, 15) is 0 Å². The molecule has 3 nitrogen and oxygen atoms in total. The maximum absolute atomic E-state index is 5.09. The van der Waals surface area contributed by atoms with Crippen LogP contribution in [0.15, 0.2) is 107 Å². The summed E-state index contributed by atoms with van der Waals surface area (Å²) >= 11 is 0. The van der Waals surface area contributed by atoms with Gasteiger partial charge in [-0.3, -0.25) is 4.90 Å². The molecule has 0 radical (unpaired) electrons. The van der Waals surface area contributed by atoms with Crippen molar-refractivity contribution in [2.24, 2.45) is 9.98 Å². The molecule has 156 valence electrons. The summed E-state index contributed by atoms with van der Waals surface area (Å²) in [5, 5.41) is 0. The second-order valence-corrected chi connectivity index (χ2v) is 8.26. The Bertz CT molecular complexity index is 1230. The maximum atomic E-state index is 5.09. The minimum atomic E-state index is 0.888. The number of aryl methyl sites for hydroxylation is 3. The lowest BCUT2D eigenvalue weighted by Gasteiger charge is -2.21. The fraction of sp³-hybridized carbons (Fsp3) is 0.103. The topological polar surface area (TPSA) is 28.0 Å². The van der Waals surface area contributed by atoms with Gasteiger partial charge in [0.15, 0.2) is 0 Å². The third kappa shape index (κ3) is 3.85. The van der Waals surface area contributed by atoms with Crippen molar-refractivity contribution < 1.29 is 0 Å². The van der Waals surface area contributed by atoms with Crippen LogP contribution in [0.3, 0.4) is 0 Å². The van der Waals surface area contributed by atoms with Crippen LogP contribution in [-0.2, 0) is 0 Å². The third-order valence-electron chi connectivity index (χ3n) is 5.66. The highest BCUT2D eigenvalue weighted by molar-refractivity contribution is 6.38. The van der Waals surface area contributed by atoms with Crippen molar-refractivity contribution in [3.63, 3.8) is 0 Å². The van der Waals surface area contributed by atoms with Crippen LogP contribution in [0, 0.1) is 20.8 Å². The van der Waals surface area contributed by atoms with Crippen molar-refractivity contribution in [2.45, 2.75) is 20.8 Å². The lowest BCUT2D eigenvalue weighted by atomic mass is 10.1. The minimum Gasteiger partial charge on any atom is -0.278 e. The Morgan fingerprint density at radius 2 is 0.844 bits per heavy atom. The predicted octanol–water partition coefficient (Wildman–Crippen LogP) is 7.29. The summed E-state index contributed by atoms with van der Waals surface area (Å²) in [6.07, 6.45) is 0. The standard InChI is InChI=1S/C29H25N3/c1-20-8-14-23(15-9-20)30-28-26-6-4-5-7-27(26)29(31-24-16-10-21(2)11-17-24)32(28)25-18-12-22(3)13-19-25/h4-19H,1-3H3. The zero-order valence-corrected chi connectivity index (χ0v) is 18.6. The van der Waals surface area contributed by atoms with E-state index < -0.39 is 0 Å². The molecule has 1 aliphatic heterocycles. The molecule has 0 amide bonds. The number of hydrogen-bond donors (Lipinski definition) is 0. The first-order chi connectivity index (χ1) is 15.6. The van der Waals surface area contributed by atoms with Gasteiger partial charge < -0.3 is 0 Å². The van der Waals surface area contributed by atoms with Gasteiger partial charge in [0.1, 0.15) is 11.7 Å². The first kappa shape index (κ1) is 20.0. The lowest BCUT2D eigenvalue weighted by molar-refractivity contribution is 1.35. The molecule has 0 aromatic heterocycles. The fourth-order valence-corrected chi connectivity index (χ4v) is 3.86. The summed E-state index contributed by atoms with van der Waals surface area (Å²) in [5.74, 6) is 1.78. The van der Waals surface area contributed by atoms with Crippen molar-refractivity contribution in [3.05, 3.63) is 125 Å². The van der Waals surface area contributed by atoms with Gasteiger partial charge in [0.2, 0.25) is 0 Å². The maximum Gasteiger partial charge on any atom is 0.147 e. The molecule has 0 saturated heterocycles. The van der Waals surface area contributed by atoms with E-state index >= 15 is 0 Å². The monoisotopic (exact) mass is 415 g/mol. The molecule has 3 heteroatoms. The van der Waals surface area contributed by atoms with Crippen LogP contribution in [0.5, 0.6) is 0 Å². The van der Waals surface area contributed by atoms with Crippen LogP contribution in [0.4, 0.5) is 17.1 Å². The van der Waals surface area contributed by atoms with Gasteiger partial charge in [0.05, 0.1) is 11.4 Å². The van der Waals surface area contributed by atoms with Gasteiger partial charge in [-0.05, 0) is 57.2 Å². The van der Waals surface area contributed by atoms with Gasteiger partial charge in [0, 0.05) is 16.8 Å². The molecular formula is C29H25N3. The molecule has 4 aromatic carbocycles. The van der Waals surface area contributed by atoms with Gasteiger partial charge in [-0.2, -0.15) is 0 Å². The zero-order chi connectivity index (χ0) is 22.1. The van der Waals surface area contributed by atoms with Crippen LogP contribution in [-0.4, -0.2) is 11.7 Å². The number of anilines is 1. The second kappa shape index (κ2) is 8.27. The smallest absolute Gasteiger partial charge is 0.147 e. The van der Waals surface area contributed by atoms with Gasteiger partial charge in [0.25, 0.3) is 0 Å². The molecule has 0 fully saturated rings. The van der Waals surface area contributed by atoms with Crippen molar-refractivity contribution >= 4 is 28.7 Å². The van der Waals surface area contributed by atoms with Gasteiger partial charge in [-0.25, -0.2) is 9.98 Å². The Morgan fingerprint density at radius 3 is 1.25 bits per heavy atom. The number of hydrogen-bond acceptors (Lipinski definition) is 2. The van der Waals surface area contributed by atoms with E-state index in [-0.39, 0.29) is 0 Å². The summed E-state index contributed by atoms with van der Waals surface area (Å²) < 4.78 is 0. The van der Waals surface area contributed by atoms with Crippen LogP contribution >= 0.6 is 0 Å². The average Bonchev–Trinajstić information content (AvgIpc) is 3.10. The highest BCUT2D eigenvalue weighted by Gasteiger charge is 2.33. The molecule has 0 unspecified atom stereocenters. The van der Waals surface area contributed by atoms with Gasteiger partial charge in [-0.1, -0.05) is 77.4 Å². The van der Waals surface area contributed by atoms with Gasteiger partial charge >= 0.3 is 0 Å². The number of fused-ring (bicyclic) bond motifs is 1. The van der Waals surface area contributed by atoms with E-state index in [4.69, 9.17) is 9.98 Å². The first-order valence-corrected chi connectivity index (χ1v) is 10.9. The summed E-state index contributed by atoms with van der Waals surface area (Å²) in [7, 11) is 0. The van der Waals surface area contributed by atoms with Gasteiger partial charge in [-0.15, -0.1) is 0 Å². The molecule has 0 atom stereocenters. The Morgan fingerprint density at radius 1 is 0.469 bits per heavy atom. The number of nitrogens with zero attached hydrogens (tertiary/aromatic N) is 3. The molecule has 0 aliphatic carbocycles. The van der Waals surface area contributed by atoms with Crippen molar-refractivity contribution in [1.29, 1.82) is 0 Å². The summed E-state index contributed by atoms with van der Waals surface area (Å²) in [5.41, 5.74) is 8.72. The van der Waals surface area contributed by atoms with Crippen molar-refractivity contribution in [1.82, 2.24) is 0 Å². The summed E-state index contributed by atoms with van der Waals surface area (Å²) in [6, 6.07) is 33.5. The molecular weight excluding hydrogens is 390 g/mol. The average molecular weight is 416 g/mol. The highest BCUT2D eigenvalue weighted by Crippen LogP contribution is 2.33. The Hall–Kier alpha value is -3.98. The lowest BCUT2D eigenvalue weighted by Crippen LogP contribution is -2.30. The van der Waals surface area contributed by atoms with E-state index in [1.54, 1.807) is 0 Å². The SMILES string of the molecule is Cc1ccc(N=C2c3ccccc3C(=Nc3ccc(C)cc3)N2c2ccc(C)cc2)cc1. The summed E-state index contributed by atoms with van der Waals surface area (Å²) in [6.45, 7) is 6.28. The van der Waals surface area contributed by atoms with Crippen LogP contribution in [0.2, 0.25) is 0 Å². The molecule has 1 aliphatic rings. The largest absolute Gasteiger partial charge is 0.278 e. The molecule has 0 N–H and O–H groups in total. The predicted molar refractivity (Wildman–Crippen MR) is 135 cm³/mol. The van der Waals surface area contributed by atoms with Crippen LogP contribution in [0.1, 0.15) is 27.8 Å². The van der Waals surface area contributed by atoms with E-state index in [2.05, 4.69) is 123 Å². The second-order valence-electron chi connectivity index (χ2n) is 8.26. The number of benzene rings is 4. The van der Waals surface area contributed by atoms with E-state index in [1.165, 1.54) is 16.7 Å². The zero-order valence-electron chi connectivity index (χ0n) is 18.6. The molecule has 0 spiro atoms. The Kier molecular flexibility index (Phi) is 5.16. The first-order valence-electron chi connectivity index (χ1n) is 10.9. The minimum absolute atomic E-state index is 0.888. The highest BCUT2D eigenvalue weighted by atomic mass is 15.3. The number of aliphatic imine (C=N–C) groups is 2. The van der Waals surface area contributed by atoms with Crippen LogP contribution < -0.4 is 4.90 Å². The van der Waals surface area contributed by atoms with Crippen molar-refractivity contribution in [2.75, 3.05) is 4.90 Å². The molecule has 32 heavy (non-hydrogen) atoms. The fourth-order valence-electron chi connectivity index (χ4n) is 3.86. The number of rotatable bonds is 3. The van der Waals surface area contributed by atoms with Crippen LogP contribution in [0.25, 0.3) is 0 Å².